The van der Waals surface area contributed by atoms with Crippen molar-refractivity contribution in [3.63, 3.8) is 0 Å². The van der Waals surface area contributed by atoms with Crippen molar-refractivity contribution >= 4 is 22.5 Å². The molecule has 0 spiro atoms. The van der Waals surface area contributed by atoms with E-state index in [4.69, 9.17) is 4.42 Å². The monoisotopic (exact) mass is 608 g/mol. The molecule has 0 amide bonds. The van der Waals surface area contributed by atoms with Crippen LogP contribution in [0.1, 0.15) is 20.3 Å². The highest BCUT2D eigenvalue weighted by atomic mass is 16.3. The quantitative estimate of drug-likeness (QED) is 0.153. The van der Waals surface area contributed by atoms with Gasteiger partial charge in [0.1, 0.15) is 5.52 Å². The molecule has 6 aromatic carbocycles. The van der Waals surface area contributed by atoms with Crippen molar-refractivity contribution in [3.8, 4) is 44.8 Å². The van der Waals surface area contributed by atoms with Crippen LogP contribution in [0.3, 0.4) is 0 Å². The maximum absolute atomic E-state index is 6.02. The maximum atomic E-state index is 6.02. The van der Waals surface area contributed by atoms with Crippen LogP contribution in [0.2, 0.25) is 0 Å². The Morgan fingerprint density at radius 2 is 1.09 bits per heavy atom. The molecule has 0 aliphatic carbocycles. The molecule has 3 heteroatoms. The fourth-order valence-electron chi connectivity index (χ4n) is 6.16. The Kier molecular flexibility index (Phi) is 8.61. The number of hydrogen-bond acceptors (Lipinski definition) is 3. The molecule has 0 saturated carbocycles. The molecule has 7 aromatic rings. The zero-order valence-corrected chi connectivity index (χ0v) is 26.7. The van der Waals surface area contributed by atoms with E-state index in [9.17, 15) is 0 Å². The van der Waals surface area contributed by atoms with Crippen molar-refractivity contribution in [1.82, 2.24) is 4.98 Å². The molecule has 3 nitrogen and oxygen atoms in total. The zero-order chi connectivity index (χ0) is 32.0. The summed E-state index contributed by atoms with van der Waals surface area (Å²) in [6.07, 6.45) is 7.50. The van der Waals surface area contributed by atoms with Gasteiger partial charge < -0.3 is 9.32 Å². The average molecular weight is 609 g/mol. The maximum Gasteiger partial charge on any atom is 0.227 e. The van der Waals surface area contributed by atoms with Gasteiger partial charge in [-0.2, -0.15) is 0 Å². The standard InChI is InChI=1S/C44H36N2O/c1-3-14-35(15-4-2)46(36-16-6-5-7-17-36)37-30-28-33(29-31-37)39-19-9-11-21-41(39)40-20-10-8-18-38(40)32-24-26-34(27-25-32)44-45-42-22-12-13-23-43(42)47-44/h3,5-31H,4H2,1-2H3. The van der Waals surface area contributed by atoms with Crippen LogP contribution >= 0.6 is 0 Å². The summed E-state index contributed by atoms with van der Waals surface area (Å²) in [5.41, 5.74) is 13.1. The van der Waals surface area contributed by atoms with Crippen LogP contribution in [0.5, 0.6) is 0 Å². The Morgan fingerprint density at radius 1 is 0.574 bits per heavy atom. The van der Waals surface area contributed by atoms with Crippen molar-refractivity contribution in [2.24, 2.45) is 0 Å². The van der Waals surface area contributed by atoms with Crippen LogP contribution in [0.15, 0.2) is 180 Å². The summed E-state index contributed by atoms with van der Waals surface area (Å²) in [6.45, 7) is 4.24. The highest BCUT2D eigenvalue weighted by molar-refractivity contribution is 5.92. The second-order valence-electron chi connectivity index (χ2n) is 11.4. The van der Waals surface area contributed by atoms with Gasteiger partial charge in [-0.1, -0.05) is 122 Å². The molecule has 0 unspecified atom stereocenters. The molecule has 0 bridgehead atoms. The van der Waals surface area contributed by atoms with E-state index >= 15 is 0 Å². The van der Waals surface area contributed by atoms with Crippen molar-refractivity contribution in [2.75, 3.05) is 4.90 Å². The Balaban J connectivity index is 1.24. The summed E-state index contributed by atoms with van der Waals surface area (Å²) in [7, 11) is 0. The molecule has 1 aromatic heterocycles. The third kappa shape index (κ3) is 6.16. The number of fused-ring (bicyclic) bond motifs is 1. The second kappa shape index (κ2) is 13.6. The van der Waals surface area contributed by atoms with Gasteiger partial charge in [0.25, 0.3) is 0 Å². The summed E-state index contributed by atoms with van der Waals surface area (Å²) in [5.74, 6) is 0.633. The van der Waals surface area contributed by atoms with Gasteiger partial charge in [-0.25, -0.2) is 4.98 Å². The molecule has 1 heterocycles. The summed E-state index contributed by atoms with van der Waals surface area (Å²) < 4.78 is 6.02. The molecule has 0 radical (unpaired) electrons. The Morgan fingerprint density at radius 3 is 1.68 bits per heavy atom. The number of nitrogens with zero attached hydrogens (tertiary/aromatic N) is 2. The Hall–Kier alpha value is -5.93. The number of allylic oxidation sites excluding steroid dienone is 3. The highest BCUT2D eigenvalue weighted by Gasteiger charge is 2.16. The van der Waals surface area contributed by atoms with Gasteiger partial charge in [-0.05, 0) is 101 Å². The average Bonchev–Trinajstić information content (AvgIpc) is 3.58. The predicted octanol–water partition coefficient (Wildman–Crippen LogP) is 12.5. The normalized spacial score (nSPS) is 11.7. The first kappa shape index (κ1) is 29.8. The van der Waals surface area contributed by atoms with Crippen molar-refractivity contribution in [3.05, 3.63) is 176 Å². The third-order valence-corrected chi connectivity index (χ3v) is 8.34. The molecule has 0 atom stereocenters. The lowest BCUT2D eigenvalue weighted by Gasteiger charge is -2.27. The largest absolute Gasteiger partial charge is 0.436 e. The fraction of sp³-hybridized carbons (Fsp3) is 0.0682. The van der Waals surface area contributed by atoms with Gasteiger partial charge in [-0.15, -0.1) is 0 Å². The second-order valence-corrected chi connectivity index (χ2v) is 11.4. The SMILES string of the molecule is CC=CC(=CCC)N(c1ccccc1)c1ccc(-c2ccccc2-c2ccccc2-c2ccc(-c3nc4ccccc4o3)cc2)cc1. The summed E-state index contributed by atoms with van der Waals surface area (Å²) in [4.78, 5) is 7.00. The van der Waals surface area contributed by atoms with Crippen molar-refractivity contribution < 1.29 is 4.42 Å². The number of para-hydroxylation sites is 3. The van der Waals surface area contributed by atoms with E-state index in [-0.39, 0.29) is 0 Å². The van der Waals surface area contributed by atoms with Gasteiger partial charge in [-0.3, -0.25) is 0 Å². The molecule has 0 aliphatic rings. The molecule has 228 valence electrons. The lowest BCUT2D eigenvalue weighted by atomic mass is 9.89. The van der Waals surface area contributed by atoms with Crippen molar-refractivity contribution in [1.29, 1.82) is 0 Å². The predicted molar refractivity (Wildman–Crippen MR) is 198 cm³/mol. The van der Waals surface area contributed by atoms with E-state index < -0.39 is 0 Å². The first-order valence-corrected chi connectivity index (χ1v) is 16.2. The van der Waals surface area contributed by atoms with Gasteiger partial charge in [0.05, 0.1) is 0 Å². The zero-order valence-electron chi connectivity index (χ0n) is 26.7. The summed E-state index contributed by atoms with van der Waals surface area (Å²) in [6, 6.07) is 53.2. The lowest BCUT2D eigenvalue weighted by molar-refractivity contribution is 0.620. The van der Waals surface area contributed by atoms with Crippen LogP contribution in [0.25, 0.3) is 55.9 Å². The van der Waals surface area contributed by atoms with E-state index in [0.717, 1.165) is 45.7 Å². The van der Waals surface area contributed by atoms with E-state index in [1.54, 1.807) is 0 Å². The molecule has 0 fully saturated rings. The van der Waals surface area contributed by atoms with Crippen molar-refractivity contribution in [2.45, 2.75) is 20.3 Å². The van der Waals surface area contributed by atoms with Crippen LogP contribution in [0.4, 0.5) is 11.4 Å². The number of anilines is 2. The minimum Gasteiger partial charge on any atom is -0.436 e. The molecular formula is C44H36N2O. The number of oxazole rings is 1. The van der Waals surface area contributed by atoms with Crippen LogP contribution in [0, 0.1) is 0 Å². The number of hydrogen-bond donors (Lipinski definition) is 0. The molecular weight excluding hydrogens is 572 g/mol. The minimum atomic E-state index is 0.633. The summed E-state index contributed by atoms with van der Waals surface area (Å²) in [5, 5.41) is 0. The van der Waals surface area contributed by atoms with Gasteiger partial charge in [0.2, 0.25) is 5.89 Å². The highest BCUT2D eigenvalue weighted by Crippen LogP contribution is 2.40. The van der Waals surface area contributed by atoms with E-state index in [1.807, 2.05) is 24.3 Å². The topological polar surface area (TPSA) is 29.3 Å². The first-order valence-electron chi connectivity index (χ1n) is 16.2. The Labute approximate surface area is 276 Å². The van der Waals surface area contributed by atoms with Gasteiger partial charge in [0, 0.05) is 22.6 Å². The fourth-order valence-corrected chi connectivity index (χ4v) is 6.16. The Bertz CT molecular complexity index is 2140. The van der Waals surface area contributed by atoms with Gasteiger partial charge >= 0.3 is 0 Å². The minimum absolute atomic E-state index is 0.633. The molecule has 47 heavy (non-hydrogen) atoms. The van der Waals surface area contributed by atoms with Gasteiger partial charge in [0.15, 0.2) is 5.58 Å². The van der Waals surface area contributed by atoms with E-state index in [2.05, 4.69) is 169 Å². The van der Waals surface area contributed by atoms with Crippen LogP contribution < -0.4 is 4.90 Å². The molecule has 7 rings (SSSR count). The number of benzene rings is 6. The molecule has 0 aliphatic heterocycles. The first-order chi connectivity index (χ1) is 23.2. The smallest absolute Gasteiger partial charge is 0.227 e. The number of rotatable bonds is 9. The molecule has 0 saturated heterocycles. The van der Waals surface area contributed by atoms with E-state index in [0.29, 0.717) is 5.89 Å². The lowest BCUT2D eigenvalue weighted by Crippen LogP contribution is -2.15. The number of aromatic nitrogens is 1. The van der Waals surface area contributed by atoms with Crippen LogP contribution in [-0.2, 0) is 0 Å². The summed E-state index contributed by atoms with van der Waals surface area (Å²) >= 11 is 0. The van der Waals surface area contributed by atoms with Crippen LogP contribution in [-0.4, -0.2) is 4.98 Å². The molecule has 0 N–H and O–H groups in total. The van der Waals surface area contributed by atoms with E-state index in [1.165, 1.54) is 27.8 Å². The third-order valence-electron chi connectivity index (χ3n) is 8.34.